The molecule has 1 N–H and O–H groups in total. The summed E-state index contributed by atoms with van der Waals surface area (Å²) >= 11 is 11.2. The monoisotopic (exact) mass is 468 g/mol. The van der Waals surface area contributed by atoms with Gasteiger partial charge in [-0.3, -0.25) is 25.0 Å². The summed E-state index contributed by atoms with van der Waals surface area (Å²) in [5.74, 6) is -3.14. The van der Waals surface area contributed by atoms with Crippen LogP contribution < -0.4 is 9.47 Å². The highest BCUT2D eigenvalue weighted by atomic mass is 35.5. The number of halogens is 4. The lowest BCUT2D eigenvalue weighted by Crippen LogP contribution is -2.01. The third-order valence-corrected chi connectivity index (χ3v) is 4.03. The Bertz CT molecular complexity index is 1000. The molecule has 0 saturated heterocycles. The van der Waals surface area contributed by atoms with Crippen LogP contribution in [0, 0.1) is 31.9 Å². The third kappa shape index (κ3) is 5.09. The number of hydrogen-bond donors (Lipinski definition) is 1. The molecule has 30 heavy (non-hydrogen) atoms. The summed E-state index contributed by atoms with van der Waals surface area (Å²) in [6.45, 7) is -0.670. The number of ether oxygens (including phenoxy) is 2. The van der Waals surface area contributed by atoms with Gasteiger partial charge in [-0.05, 0) is 12.1 Å². The molecule has 162 valence electrons. The maximum Gasteiger partial charge on any atom is 0.348 e. The minimum Gasteiger partial charge on any atom is -0.489 e. The van der Waals surface area contributed by atoms with Crippen molar-refractivity contribution in [3.63, 3.8) is 0 Å². The highest BCUT2D eigenvalue weighted by Crippen LogP contribution is 2.39. The fraction of sp³-hybridized carbons (Fsp3) is 0.188. The minimum absolute atomic E-state index is 0.116. The molecule has 2 aromatic rings. The number of carbonyl (C=O) groups is 1. The maximum absolute atomic E-state index is 13.4. The third-order valence-electron chi connectivity index (χ3n) is 3.47. The van der Waals surface area contributed by atoms with Gasteiger partial charge in [-0.25, -0.2) is 0 Å². The fourth-order valence-electron chi connectivity index (χ4n) is 2.18. The van der Waals surface area contributed by atoms with Crippen LogP contribution in [-0.4, -0.2) is 35.5 Å². The number of aliphatic hydroxyl groups excluding tert-OH is 1. The van der Waals surface area contributed by atoms with Gasteiger partial charge in [-0.2, -0.15) is 8.78 Å². The topological polar surface area (TPSA) is 142 Å². The zero-order chi connectivity index (χ0) is 23.2. The zero-order valence-corrected chi connectivity index (χ0v) is 16.7. The van der Waals surface area contributed by atoms with Gasteiger partial charge >= 0.3 is 11.4 Å². The van der Waals surface area contributed by atoms with Crippen molar-refractivity contribution < 1.29 is 38.0 Å². The largest absolute Gasteiger partial charge is 0.489 e. The highest BCUT2D eigenvalue weighted by molar-refractivity contribution is 6.33. The Balaban J connectivity index is 0.000000300. The Morgan fingerprint density at radius 3 is 1.80 bits per heavy atom. The Morgan fingerprint density at radius 1 is 1.00 bits per heavy atom. The van der Waals surface area contributed by atoms with E-state index in [-0.39, 0.29) is 27.6 Å². The van der Waals surface area contributed by atoms with Crippen LogP contribution in [0.25, 0.3) is 0 Å². The molecule has 0 unspecified atom stereocenters. The normalized spacial score (nSPS) is 9.97. The van der Waals surface area contributed by atoms with Crippen LogP contribution in [-0.2, 0) is 6.61 Å². The summed E-state index contributed by atoms with van der Waals surface area (Å²) in [6.07, 6.45) is 0.146. The molecule has 0 aliphatic rings. The second kappa shape index (κ2) is 10.6. The van der Waals surface area contributed by atoms with Gasteiger partial charge in [0.15, 0.2) is 6.29 Å². The molecule has 0 saturated carbocycles. The van der Waals surface area contributed by atoms with E-state index in [9.17, 15) is 33.8 Å². The molecule has 0 fully saturated rings. The minimum atomic E-state index is -1.25. The smallest absolute Gasteiger partial charge is 0.348 e. The summed E-state index contributed by atoms with van der Waals surface area (Å²) in [5.41, 5.74) is -2.53. The molecule has 0 aliphatic heterocycles. The number of nitro groups is 2. The van der Waals surface area contributed by atoms with E-state index in [0.717, 1.165) is 26.4 Å². The van der Waals surface area contributed by atoms with Crippen molar-refractivity contribution in [2.75, 3.05) is 14.2 Å². The van der Waals surface area contributed by atoms with Crippen LogP contribution in [0.4, 0.5) is 20.2 Å². The van der Waals surface area contributed by atoms with Crippen LogP contribution in [0.15, 0.2) is 12.1 Å². The maximum atomic E-state index is 13.4. The van der Waals surface area contributed by atoms with Gasteiger partial charge in [0.05, 0.1) is 46.3 Å². The lowest BCUT2D eigenvalue weighted by atomic mass is 10.2. The van der Waals surface area contributed by atoms with Gasteiger partial charge in [0.25, 0.3) is 0 Å². The van der Waals surface area contributed by atoms with E-state index in [1.807, 2.05) is 0 Å². The number of nitro benzene ring substituents is 2. The van der Waals surface area contributed by atoms with Gasteiger partial charge in [-0.1, -0.05) is 23.2 Å². The number of carbonyl (C=O) groups excluding carboxylic acids is 1. The summed E-state index contributed by atoms with van der Waals surface area (Å²) in [5, 5.41) is 29.5. The molecule has 0 radical (unpaired) electrons. The van der Waals surface area contributed by atoms with Crippen molar-refractivity contribution in [1.82, 2.24) is 0 Å². The first-order valence-electron chi connectivity index (χ1n) is 7.51. The van der Waals surface area contributed by atoms with Gasteiger partial charge in [0.2, 0.25) is 23.1 Å². The van der Waals surface area contributed by atoms with E-state index >= 15 is 0 Å². The number of nitrogens with zero attached hydrogens (tertiary/aromatic N) is 2. The van der Waals surface area contributed by atoms with Gasteiger partial charge < -0.3 is 14.6 Å². The molecule has 0 aliphatic carbocycles. The van der Waals surface area contributed by atoms with Crippen LogP contribution in [0.2, 0.25) is 10.0 Å². The molecule has 2 aromatic carbocycles. The summed E-state index contributed by atoms with van der Waals surface area (Å²) < 4.78 is 36.0. The van der Waals surface area contributed by atoms with Crippen molar-refractivity contribution in [3.05, 3.63) is 65.2 Å². The SMILES string of the molecule is COc1c(Cl)cc(C=O)c(F)c1[N+](=O)[O-].COc1c(Cl)cc(CO)c(F)c1[N+](=O)[O-]. The highest BCUT2D eigenvalue weighted by Gasteiger charge is 2.28. The van der Waals surface area contributed by atoms with Gasteiger partial charge in [0, 0.05) is 5.56 Å². The van der Waals surface area contributed by atoms with Gasteiger partial charge in [-0.15, -0.1) is 0 Å². The number of benzene rings is 2. The second-order valence-corrected chi connectivity index (χ2v) is 5.96. The van der Waals surface area contributed by atoms with Crippen LogP contribution in [0.3, 0.4) is 0 Å². The standard InChI is InChI=1S/C8H7ClFNO4.C8H5ClFNO4/c2*1-15-8-5(9)2-4(3-12)6(10)7(8)11(13)14/h2,12H,3H2,1H3;2-3H,1H3. The molecular weight excluding hydrogens is 457 g/mol. The van der Waals surface area contributed by atoms with Crippen molar-refractivity contribution in [3.8, 4) is 11.5 Å². The second-order valence-electron chi connectivity index (χ2n) is 5.15. The number of aldehydes is 1. The molecular formula is C16H12Cl2F2N2O8. The predicted octanol–water partition coefficient (Wildman–Crippen LogP) is 4.10. The molecule has 0 atom stereocenters. The van der Waals surface area contributed by atoms with Crippen molar-refractivity contribution in [2.45, 2.75) is 6.61 Å². The van der Waals surface area contributed by atoms with Crippen LogP contribution >= 0.6 is 23.2 Å². The van der Waals surface area contributed by atoms with Crippen molar-refractivity contribution in [1.29, 1.82) is 0 Å². The molecule has 14 heteroatoms. The molecule has 10 nitrogen and oxygen atoms in total. The van der Waals surface area contributed by atoms with Crippen LogP contribution in [0.5, 0.6) is 11.5 Å². The summed E-state index contributed by atoms with van der Waals surface area (Å²) in [4.78, 5) is 29.6. The summed E-state index contributed by atoms with van der Waals surface area (Å²) in [6, 6.07) is 2.05. The molecule has 0 heterocycles. The Hall–Kier alpha value is -3.09. The van der Waals surface area contributed by atoms with Crippen LogP contribution in [0.1, 0.15) is 15.9 Å². The molecule has 0 amide bonds. The van der Waals surface area contributed by atoms with E-state index in [1.165, 1.54) is 0 Å². The van der Waals surface area contributed by atoms with E-state index in [2.05, 4.69) is 9.47 Å². The predicted molar refractivity (Wildman–Crippen MR) is 101 cm³/mol. The number of methoxy groups -OCH3 is 2. The Kier molecular flexibility index (Phi) is 8.83. The zero-order valence-electron chi connectivity index (χ0n) is 15.2. The lowest BCUT2D eigenvalue weighted by molar-refractivity contribution is -0.388. The first-order chi connectivity index (χ1) is 14.0. The average Bonchev–Trinajstić information content (AvgIpc) is 2.69. The van der Waals surface area contributed by atoms with E-state index in [0.29, 0.717) is 0 Å². The first kappa shape index (κ1) is 24.9. The lowest BCUT2D eigenvalue weighted by Gasteiger charge is -2.07. The van der Waals surface area contributed by atoms with E-state index in [4.69, 9.17) is 28.3 Å². The fourth-order valence-corrected chi connectivity index (χ4v) is 2.76. The molecule has 2 rings (SSSR count). The number of rotatable bonds is 6. The molecule has 0 spiro atoms. The number of aliphatic hydroxyl groups is 1. The molecule has 0 bridgehead atoms. The molecule has 0 aromatic heterocycles. The first-order valence-corrected chi connectivity index (χ1v) is 8.26. The Morgan fingerprint density at radius 2 is 1.43 bits per heavy atom. The van der Waals surface area contributed by atoms with Gasteiger partial charge in [0.1, 0.15) is 0 Å². The average molecular weight is 469 g/mol. The van der Waals surface area contributed by atoms with Crippen molar-refractivity contribution >= 4 is 40.9 Å². The van der Waals surface area contributed by atoms with E-state index < -0.39 is 50.8 Å². The quantitative estimate of drug-likeness (QED) is 0.379. The summed E-state index contributed by atoms with van der Waals surface area (Å²) in [7, 11) is 2.26. The van der Waals surface area contributed by atoms with E-state index in [1.54, 1.807) is 0 Å². The number of hydrogen-bond acceptors (Lipinski definition) is 8. The Labute approximate surface area is 176 Å². The van der Waals surface area contributed by atoms with Crippen molar-refractivity contribution in [2.24, 2.45) is 0 Å².